The Morgan fingerprint density at radius 2 is 1.90 bits per heavy atom. The number of fused-ring (bicyclic) bond motifs is 1. The van der Waals surface area contributed by atoms with E-state index in [4.69, 9.17) is 5.73 Å². The Kier molecular flexibility index (Phi) is 4.37. The molecule has 2 fully saturated rings. The van der Waals surface area contributed by atoms with Crippen molar-refractivity contribution in [1.82, 2.24) is 4.90 Å². The molecule has 3 unspecified atom stereocenters. The molecule has 0 aromatic heterocycles. The molecule has 3 rings (SSSR count). The summed E-state index contributed by atoms with van der Waals surface area (Å²) in [4.78, 5) is 2.65. The van der Waals surface area contributed by atoms with Crippen molar-refractivity contribution in [2.75, 3.05) is 13.1 Å². The third-order valence-corrected chi connectivity index (χ3v) is 5.15. The molecule has 1 aliphatic heterocycles. The van der Waals surface area contributed by atoms with E-state index in [1.807, 2.05) is 12.1 Å². The van der Waals surface area contributed by atoms with Gasteiger partial charge in [0.2, 0.25) is 0 Å². The van der Waals surface area contributed by atoms with E-state index in [9.17, 15) is 4.39 Å². The maximum absolute atomic E-state index is 12.9. The Bertz CT molecular complexity index is 431. The van der Waals surface area contributed by atoms with Gasteiger partial charge in [0.15, 0.2) is 0 Å². The summed E-state index contributed by atoms with van der Waals surface area (Å²) in [5.74, 6) is 0.747. The molecule has 1 saturated heterocycles. The van der Waals surface area contributed by atoms with Gasteiger partial charge in [0.05, 0.1) is 0 Å². The third kappa shape index (κ3) is 3.04. The lowest BCUT2D eigenvalue weighted by molar-refractivity contribution is 0.178. The second-order valence-corrected chi connectivity index (χ2v) is 6.38. The van der Waals surface area contributed by atoms with E-state index in [1.165, 1.54) is 50.8 Å². The van der Waals surface area contributed by atoms with Gasteiger partial charge < -0.3 is 10.6 Å². The van der Waals surface area contributed by atoms with Crippen molar-refractivity contribution in [1.29, 1.82) is 0 Å². The Labute approximate surface area is 121 Å². The number of nitrogens with zero attached hydrogens (tertiary/aromatic N) is 1. The van der Waals surface area contributed by atoms with E-state index >= 15 is 0 Å². The largest absolute Gasteiger partial charge is 0.324 e. The summed E-state index contributed by atoms with van der Waals surface area (Å²) < 4.78 is 12.9. The zero-order valence-corrected chi connectivity index (χ0v) is 12.1. The average Bonchev–Trinajstić information content (AvgIpc) is 2.89. The fourth-order valence-electron chi connectivity index (χ4n) is 3.96. The third-order valence-electron chi connectivity index (χ3n) is 5.15. The van der Waals surface area contributed by atoms with Gasteiger partial charge in [0.1, 0.15) is 5.82 Å². The van der Waals surface area contributed by atoms with Crippen molar-refractivity contribution in [2.24, 2.45) is 11.7 Å². The second kappa shape index (κ2) is 6.23. The summed E-state index contributed by atoms with van der Waals surface area (Å²) in [6, 6.07) is 7.47. The van der Waals surface area contributed by atoms with Gasteiger partial charge in [-0.3, -0.25) is 0 Å². The quantitative estimate of drug-likeness (QED) is 0.912. The number of likely N-dealkylation sites (tertiary alicyclic amines) is 1. The van der Waals surface area contributed by atoms with Crippen LogP contribution in [0.3, 0.4) is 0 Å². The number of hydrogen-bond acceptors (Lipinski definition) is 2. The van der Waals surface area contributed by atoms with E-state index in [0.717, 1.165) is 30.5 Å². The molecule has 3 atom stereocenters. The van der Waals surface area contributed by atoms with Gasteiger partial charge in [-0.2, -0.15) is 0 Å². The second-order valence-electron chi connectivity index (χ2n) is 6.38. The van der Waals surface area contributed by atoms with Crippen LogP contribution >= 0.6 is 0 Å². The first kappa shape index (κ1) is 14.0. The van der Waals surface area contributed by atoms with Crippen molar-refractivity contribution in [3.05, 3.63) is 35.6 Å². The Morgan fingerprint density at radius 3 is 2.70 bits per heavy atom. The normalized spacial score (nSPS) is 28.3. The fraction of sp³-hybridized carbons (Fsp3) is 0.647. The minimum absolute atomic E-state index is 0.0261. The first-order valence-corrected chi connectivity index (χ1v) is 7.99. The SMILES string of the molecule is NC(CCN1CCC2CCCCC21)c1ccc(F)cc1. The summed E-state index contributed by atoms with van der Waals surface area (Å²) in [5, 5.41) is 0. The molecule has 2 N–H and O–H groups in total. The number of nitrogens with two attached hydrogens (primary N) is 1. The van der Waals surface area contributed by atoms with Crippen LogP contribution in [0.4, 0.5) is 4.39 Å². The topological polar surface area (TPSA) is 29.3 Å². The number of rotatable bonds is 4. The molecule has 0 bridgehead atoms. The van der Waals surface area contributed by atoms with Crippen LogP contribution in [0.5, 0.6) is 0 Å². The molecule has 1 aliphatic carbocycles. The highest BCUT2D eigenvalue weighted by Crippen LogP contribution is 2.36. The Balaban J connectivity index is 1.52. The van der Waals surface area contributed by atoms with Gasteiger partial charge in [-0.05, 0) is 55.8 Å². The molecule has 3 heteroatoms. The maximum Gasteiger partial charge on any atom is 0.123 e. The van der Waals surface area contributed by atoms with Gasteiger partial charge in [0, 0.05) is 18.6 Å². The molecule has 2 nitrogen and oxygen atoms in total. The lowest BCUT2D eigenvalue weighted by Crippen LogP contribution is -2.36. The van der Waals surface area contributed by atoms with Gasteiger partial charge in [-0.1, -0.05) is 25.0 Å². The summed E-state index contributed by atoms with van der Waals surface area (Å²) in [7, 11) is 0. The molecular weight excluding hydrogens is 251 g/mol. The molecule has 110 valence electrons. The monoisotopic (exact) mass is 276 g/mol. The molecular formula is C17H25FN2. The highest BCUT2D eigenvalue weighted by atomic mass is 19.1. The highest BCUT2D eigenvalue weighted by Gasteiger charge is 2.35. The smallest absolute Gasteiger partial charge is 0.123 e. The molecule has 1 saturated carbocycles. The summed E-state index contributed by atoms with van der Waals surface area (Å²) in [6.45, 7) is 2.32. The molecule has 1 heterocycles. The van der Waals surface area contributed by atoms with Crippen LogP contribution in [0.15, 0.2) is 24.3 Å². The molecule has 0 amide bonds. The van der Waals surface area contributed by atoms with Crippen LogP contribution in [-0.2, 0) is 0 Å². The van der Waals surface area contributed by atoms with E-state index in [1.54, 1.807) is 0 Å². The first-order valence-electron chi connectivity index (χ1n) is 7.99. The predicted octanol–water partition coefficient (Wildman–Crippen LogP) is 3.48. The van der Waals surface area contributed by atoms with E-state index in [-0.39, 0.29) is 11.9 Å². The van der Waals surface area contributed by atoms with Crippen LogP contribution in [-0.4, -0.2) is 24.0 Å². The lowest BCUT2D eigenvalue weighted by atomic mass is 9.85. The number of benzene rings is 1. The zero-order chi connectivity index (χ0) is 13.9. The Hall–Kier alpha value is -0.930. The molecule has 20 heavy (non-hydrogen) atoms. The molecule has 1 aromatic rings. The highest BCUT2D eigenvalue weighted by molar-refractivity contribution is 5.19. The minimum Gasteiger partial charge on any atom is -0.324 e. The Morgan fingerprint density at radius 1 is 1.15 bits per heavy atom. The van der Waals surface area contributed by atoms with Crippen molar-refractivity contribution < 1.29 is 4.39 Å². The zero-order valence-electron chi connectivity index (χ0n) is 12.1. The van der Waals surface area contributed by atoms with E-state index < -0.39 is 0 Å². The molecule has 0 spiro atoms. The van der Waals surface area contributed by atoms with Crippen LogP contribution in [0.25, 0.3) is 0 Å². The fourth-order valence-corrected chi connectivity index (χ4v) is 3.96. The standard InChI is InChI=1S/C17H25FN2/c18-15-7-5-13(6-8-15)16(19)10-12-20-11-9-14-3-1-2-4-17(14)20/h5-8,14,16-17H,1-4,9-12,19H2. The van der Waals surface area contributed by atoms with Crippen LogP contribution in [0, 0.1) is 11.7 Å². The van der Waals surface area contributed by atoms with Crippen molar-refractivity contribution in [2.45, 2.75) is 50.6 Å². The number of hydrogen-bond donors (Lipinski definition) is 1. The minimum atomic E-state index is -0.189. The van der Waals surface area contributed by atoms with E-state index in [0.29, 0.717) is 0 Å². The summed E-state index contributed by atoms with van der Waals surface area (Å²) in [5.41, 5.74) is 7.29. The summed E-state index contributed by atoms with van der Waals surface area (Å²) >= 11 is 0. The molecule has 0 radical (unpaired) electrons. The van der Waals surface area contributed by atoms with Crippen LogP contribution in [0.1, 0.15) is 50.1 Å². The molecule has 1 aromatic carbocycles. The van der Waals surface area contributed by atoms with Crippen molar-refractivity contribution in [3.8, 4) is 0 Å². The van der Waals surface area contributed by atoms with Gasteiger partial charge >= 0.3 is 0 Å². The molecule has 2 aliphatic rings. The van der Waals surface area contributed by atoms with Crippen LogP contribution < -0.4 is 5.73 Å². The van der Waals surface area contributed by atoms with E-state index in [2.05, 4.69) is 4.90 Å². The maximum atomic E-state index is 12.9. The van der Waals surface area contributed by atoms with Crippen molar-refractivity contribution >= 4 is 0 Å². The summed E-state index contributed by atoms with van der Waals surface area (Å²) in [6.07, 6.45) is 7.94. The van der Waals surface area contributed by atoms with Crippen LogP contribution in [0.2, 0.25) is 0 Å². The number of halogens is 1. The average molecular weight is 276 g/mol. The predicted molar refractivity (Wildman–Crippen MR) is 79.9 cm³/mol. The lowest BCUT2D eigenvalue weighted by Gasteiger charge is -2.32. The van der Waals surface area contributed by atoms with Crippen molar-refractivity contribution in [3.63, 3.8) is 0 Å². The van der Waals surface area contributed by atoms with Gasteiger partial charge in [-0.25, -0.2) is 4.39 Å². The van der Waals surface area contributed by atoms with Gasteiger partial charge in [-0.15, -0.1) is 0 Å². The van der Waals surface area contributed by atoms with Gasteiger partial charge in [0.25, 0.3) is 0 Å². The first-order chi connectivity index (χ1) is 9.74.